The number of halogens is 1. The minimum atomic E-state index is -4.05. The van der Waals surface area contributed by atoms with Crippen molar-refractivity contribution in [2.45, 2.75) is 92.9 Å². The van der Waals surface area contributed by atoms with Gasteiger partial charge in [0.2, 0.25) is 5.91 Å². The largest absolute Gasteiger partial charge is 0.454 e. The molecule has 1 aromatic heterocycles. The number of anilines is 2. The normalized spacial score (nSPS) is 11.0. The highest BCUT2D eigenvalue weighted by atomic mass is 32.2. The molecule has 0 aliphatic carbocycles. The second-order valence-electron chi connectivity index (χ2n) is 10.1. The number of nitrogens with one attached hydrogen (secondary N) is 1. The van der Waals surface area contributed by atoms with Gasteiger partial charge in [-0.25, -0.2) is 17.8 Å². The van der Waals surface area contributed by atoms with Crippen molar-refractivity contribution in [3.05, 3.63) is 95.3 Å². The van der Waals surface area contributed by atoms with Crippen LogP contribution in [0.15, 0.2) is 83.3 Å². The van der Waals surface area contributed by atoms with E-state index < -0.39 is 26.0 Å². The Morgan fingerprint density at radius 2 is 1.56 bits per heavy atom. The number of sulfonamides is 1. The smallest absolute Gasteiger partial charge is 0.292 e. The van der Waals surface area contributed by atoms with Crippen LogP contribution in [0.4, 0.5) is 15.9 Å². The summed E-state index contributed by atoms with van der Waals surface area (Å²) in [5.41, 5.74) is 1.41. The van der Waals surface area contributed by atoms with E-state index in [-0.39, 0.29) is 58.2 Å². The summed E-state index contributed by atoms with van der Waals surface area (Å²) in [5.74, 6) is -1.17. The molecule has 0 saturated carbocycles. The summed E-state index contributed by atoms with van der Waals surface area (Å²) in [4.78, 5) is 15.8. The molecule has 3 aromatic rings. The predicted molar refractivity (Wildman–Crippen MR) is 202 cm³/mol. The zero-order valence-electron chi connectivity index (χ0n) is 31.0. The molecule has 0 spiro atoms. The molecule has 50 heavy (non-hydrogen) atoms. The summed E-state index contributed by atoms with van der Waals surface area (Å²) in [6.45, 7) is 19.7. The van der Waals surface area contributed by atoms with E-state index in [0.717, 1.165) is 22.4 Å². The number of carbonyl (C=O) groups is 1. The number of pyridine rings is 1. The lowest BCUT2D eigenvalue weighted by Crippen LogP contribution is -2.28. The van der Waals surface area contributed by atoms with E-state index in [9.17, 15) is 26.0 Å². The van der Waals surface area contributed by atoms with Crippen LogP contribution in [0.1, 0.15) is 85.8 Å². The third-order valence-electron chi connectivity index (χ3n) is 6.42. The van der Waals surface area contributed by atoms with Gasteiger partial charge in [-0.15, -0.1) is 6.58 Å². The van der Waals surface area contributed by atoms with Gasteiger partial charge < -0.3 is 10.1 Å². The fraction of sp³-hybridized carbons (Fsp3) is 0.405. The van der Waals surface area contributed by atoms with Gasteiger partial charge in [-0.2, -0.15) is 8.42 Å². The van der Waals surface area contributed by atoms with Gasteiger partial charge in [0.1, 0.15) is 11.6 Å². The summed E-state index contributed by atoms with van der Waals surface area (Å²) in [7, 11) is -6.63. The number of benzene rings is 2. The fourth-order valence-electron chi connectivity index (χ4n) is 3.93. The Labute approximate surface area is 299 Å². The van der Waals surface area contributed by atoms with Crippen LogP contribution in [-0.4, -0.2) is 41.4 Å². The fourth-order valence-corrected chi connectivity index (χ4v) is 6.01. The highest BCUT2D eigenvalue weighted by Gasteiger charge is 2.26. The van der Waals surface area contributed by atoms with E-state index >= 15 is 0 Å². The van der Waals surface area contributed by atoms with Gasteiger partial charge in [-0.3, -0.25) is 13.3 Å². The van der Waals surface area contributed by atoms with Crippen molar-refractivity contribution >= 4 is 37.6 Å². The molecule has 0 radical (unpaired) electrons. The van der Waals surface area contributed by atoms with E-state index in [1.54, 1.807) is 12.1 Å². The Morgan fingerprint density at radius 3 is 2.08 bits per heavy atom. The summed E-state index contributed by atoms with van der Waals surface area (Å²) in [6, 6.07) is 11.7. The predicted octanol–water partition coefficient (Wildman–Crippen LogP) is 9.33. The number of aromatic nitrogens is 1. The molecule has 0 bridgehead atoms. The van der Waals surface area contributed by atoms with Crippen molar-refractivity contribution in [2.24, 2.45) is 0 Å². The van der Waals surface area contributed by atoms with Crippen molar-refractivity contribution in [3.63, 3.8) is 0 Å². The molecule has 0 aliphatic rings. The Balaban J connectivity index is 0.00000275. The van der Waals surface area contributed by atoms with Crippen LogP contribution in [0.3, 0.4) is 0 Å². The van der Waals surface area contributed by atoms with Crippen molar-refractivity contribution < 1.29 is 34.9 Å². The lowest BCUT2D eigenvalue weighted by molar-refractivity contribution is -0.114. The van der Waals surface area contributed by atoms with Crippen LogP contribution in [0, 0.1) is 12.7 Å². The molecule has 278 valence electrons. The minimum absolute atomic E-state index is 0.0215. The summed E-state index contributed by atoms with van der Waals surface area (Å²) < 4.78 is 78.7. The van der Waals surface area contributed by atoms with Gasteiger partial charge in [0.05, 0.1) is 16.4 Å². The second-order valence-corrected chi connectivity index (χ2v) is 13.9. The molecular weight excluding hydrogens is 682 g/mol. The molecule has 0 unspecified atom stereocenters. The van der Waals surface area contributed by atoms with Crippen molar-refractivity contribution in [1.82, 2.24) is 4.98 Å². The average Bonchev–Trinajstić information content (AvgIpc) is 3.09. The van der Waals surface area contributed by atoms with Crippen LogP contribution in [-0.2, 0) is 35.5 Å². The maximum absolute atomic E-state index is 14.9. The number of carbonyl (C=O) groups excluding carboxylic acids is 1. The highest BCUT2D eigenvalue weighted by Crippen LogP contribution is 2.35. The molecule has 13 heteroatoms. The number of hydrogen-bond donors (Lipinski definition) is 1. The van der Waals surface area contributed by atoms with Gasteiger partial charge in [0, 0.05) is 37.5 Å². The van der Waals surface area contributed by atoms with E-state index in [1.807, 2.05) is 47.6 Å². The van der Waals surface area contributed by atoms with Gasteiger partial charge in [0.15, 0.2) is 11.6 Å². The number of amides is 1. The summed E-state index contributed by atoms with van der Waals surface area (Å²) >= 11 is 0. The lowest BCUT2D eigenvalue weighted by atomic mass is 10.1. The molecule has 1 heterocycles. The van der Waals surface area contributed by atoms with Crippen molar-refractivity contribution in [2.75, 3.05) is 23.3 Å². The molecule has 3 rings (SSSR count). The first kappa shape index (κ1) is 45.9. The average molecular weight is 736 g/mol. The SMILES string of the molecule is C=CCC.CC.CC.CC/C=C(\C)S(=O)(=O)OCCCc1c(Oc2ccc(NC(C)=O)cc2F)ccnc1N(C)S(=O)(=O)c1ccc(C)cc1. The van der Waals surface area contributed by atoms with E-state index in [1.165, 1.54) is 63.5 Å². The number of rotatable bonds is 14. The van der Waals surface area contributed by atoms with Crippen LogP contribution in [0.2, 0.25) is 0 Å². The number of nitrogens with zero attached hydrogens (tertiary/aromatic N) is 2. The van der Waals surface area contributed by atoms with Crippen LogP contribution < -0.4 is 14.4 Å². The van der Waals surface area contributed by atoms with Crippen LogP contribution >= 0.6 is 0 Å². The van der Waals surface area contributed by atoms with Crippen molar-refractivity contribution in [3.8, 4) is 11.5 Å². The highest BCUT2D eigenvalue weighted by molar-refractivity contribution is 7.92. The quantitative estimate of drug-likeness (QED) is 0.0985. The molecule has 1 amide bonds. The molecule has 0 fully saturated rings. The maximum atomic E-state index is 14.9. The standard InChI is InChI=1S/C29H34FN3O7S2.C4H8.2C2H6/c1-6-8-21(3)42(37,38)39-18-7-9-25-27(40-28-15-12-23(19-26(28)30)32-22(4)34)16-17-31-29(25)33(5)41(35,36)24-13-10-20(2)11-14-24;1-3-4-2;2*1-2/h8,10-17,19H,6-7,9,18H2,1-5H3,(H,32,34);3H,1,4H2,2H3;2*1-2H3/b21-8+;;;. The molecule has 0 aliphatic heterocycles. The Bertz CT molecular complexity index is 1740. The summed E-state index contributed by atoms with van der Waals surface area (Å²) in [6.07, 6.45) is 6.59. The van der Waals surface area contributed by atoms with E-state index in [2.05, 4.69) is 23.8 Å². The third kappa shape index (κ3) is 14.4. The minimum Gasteiger partial charge on any atom is -0.454 e. The van der Waals surface area contributed by atoms with E-state index in [0.29, 0.717) is 12.0 Å². The van der Waals surface area contributed by atoms with Crippen LogP contribution in [0.25, 0.3) is 0 Å². The number of allylic oxidation sites excluding steroid dienone is 3. The zero-order chi connectivity index (χ0) is 38.5. The Hall–Kier alpha value is -4.07. The monoisotopic (exact) mass is 735 g/mol. The van der Waals surface area contributed by atoms with Gasteiger partial charge in [-0.1, -0.05) is 71.4 Å². The third-order valence-corrected chi connectivity index (χ3v) is 9.62. The zero-order valence-corrected chi connectivity index (χ0v) is 32.7. The number of aryl methyl sites for hydroxylation is 1. The molecule has 0 saturated heterocycles. The Kier molecular flexibility index (Phi) is 21.5. The number of hydrogen-bond acceptors (Lipinski definition) is 8. The summed E-state index contributed by atoms with van der Waals surface area (Å²) in [5, 5.41) is 2.49. The first-order chi connectivity index (χ1) is 23.7. The molecule has 1 N–H and O–H groups in total. The first-order valence-electron chi connectivity index (χ1n) is 16.6. The van der Waals surface area contributed by atoms with E-state index in [4.69, 9.17) is 8.92 Å². The molecule has 10 nitrogen and oxygen atoms in total. The lowest BCUT2D eigenvalue weighted by Gasteiger charge is -2.23. The number of ether oxygens (including phenoxy) is 1. The topological polar surface area (TPSA) is 132 Å². The van der Waals surface area contributed by atoms with Crippen molar-refractivity contribution in [1.29, 1.82) is 0 Å². The van der Waals surface area contributed by atoms with Crippen LogP contribution in [0.5, 0.6) is 11.5 Å². The molecular formula is C37H54FN3O7S2. The molecule has 0 atom stereocenters. The van der Waals surface area contributed by atoms with Gasteiger partial charge >= 0.3 is 0 Å². The maximum Gasteiger partial charge on any atom is 0.292 e. The van der Waals surface area contributed by atoms with Gasteiger partial charge in [-0.05, 0) is 69.9 Å². The first-order valence-corrected chi connectivity index (χ1v) is 19.5. The van der Waals surface area contributed by atoms with Gasteiger partial charge in [0.25, 0.3) is 20.1 Å². The second kappa shape index (κ2) is 23.4. The Morgan fingerprint density at radius 1 is 0.960 bits per heavy atom. The molecule has 2 aromatic carbocycles.